The van der Waals surface area contributed by atoms with Gasteiger partial charge in [0.1, 0.15) is 17.2 Å². The Bertz CT molecular complexity index is 1360. The van der Waals surface area contributed by atoms with Crippen LogP contribution in [0.1, 0.15) is 55.0 Å². The van der Waals surface area contributed by atoms with Gasteiger partial charge in [-0.2, -0.15) is 0 Å². The quantitative estimate of drug-likeness (QED) is 0.214. The topological polar surface area (TPSA) is 60.7 Å². The van der Waals surface area contributed by atoms with Gasteiger partial charge < -0.3 is 15.3 Å². The number of halogens is 3. The van der Waals surface area contributed by atoms with E-state index < -0.39 is 5.41 Å². The molecule has 4 aromatic carbocycles. The van der Waals surface area contributed by atoms with Gasteiger partial charge in [0.05, 0.1) is 15.1 Å². The van der Waals surface area contributed by atoms with Crippen molar-refractivity contribution in [1.29, 1.82) is 0 Å². The molecule has 0 unspecified atom stereocenters. The molecule has 36 heavy (non-hydrogen) atoms. The Kier molecular flexibility index (Phi) is 7.21. The highest BCUT2D eigenvalue weighted by atomic mass is 35.5. The summed E-state index contributed by atoms with van der Waals surface area (Å²) in [7, 11) is 0. The molecule has 0 fully saturated rings. The fraction of sp³-hybridized carbons (Fsp3) is 0.200. The summed E-state index contributed by atoms with van der Waals surface area (Å²) in [5, 5.41) is 30.8. The number of aromatic hydroxyl groups is 3. The molecule has 0 heterocycles. The third-order valence-electron chi connectivity index (χ3n) is 7.18. The molecule has 4 aromatic rings. The van der Waals surface area contributed by atoms with E-state index in [9.17, 15) is 15.3 Å². The zero-order valence-corrected chi connectivity index (χ0v) is 22.5. The molecule has 0 aliphatic carbocycles. The molecule has 0 saturated heterocycles. The first kappa shape index (κ1) is 26.2. The summed E-state index contributed by atoms with van der Waals surface area (Å²) in [6.07, 6.45) is 0.672. The van der Waals surface area contributed by atoms with Crippen molar-refractivity contribution < 1.29 is 15.3 Å². The highest BCUT2D eigenvalue weighted by molar-refractivity contribution is 6.32. The van der Waals surface area contributed by atoms with E-state index in [0.717, 1.165) is 27.8 Å². The predicted molar refractivity (Wildman–Crippen MR) is 148 cm³/mol. The van der Waals surface area contributed by atoms with E-state index in [1.807, 2.05) is 18.2 Å². The van der Waals surface area contributed by atoms with Crippen LogP contribution in [-0.2, 0) is 10.8 Å². The molecule has 0 aromatic heterocycles. The van der Waals surface area contributed by atoms with E-state index in [1.54, 1.807) is 36.4 Å². The van der Waals surface area contributed by atoms with Gasteiger partial charge in [-0.15, -0.1) is 0 Å². The molecular weight excluding hydrogens is 515 g/mol. The van der Waals surface area contributed by atoms with Crippen molar-refractivity contribution in [3.8, 4) is 17.2 Å². The van der Waals surface area contributed by atoms with Gasteiger partial charge in [0.25, 0.3) is 0 Å². The largest absolute Gasteiger partial charge is 0.506 e. The van der Waals surface area contributed by atoms with Gasteiger partial charge in [-0.1, -0.05) is 98.0 Å². The average Bonchev–Trinajstić information content (AvgIpc) is 2.86. The van der Waals surface area contributed by atoms with Crippen LogP contribution in [0.4, 0.5) is 0 Å². The normalized spacial score (nSPS) is 12.1. The Morgan fingerprint density at radius 1 is 0.528 bits per heavy atom. The molecule has 4 rings (SSSR count). The summed E-state index contributed by atoms with van der Waals surface area (Å²) >= 11 is 18.9. The van der Waals surface area contributed by atoms with E-state index >= 15 is 0 Å². The first-order chi connectivity index (χ1) is 17.0. The molecule has 3 N–H and O–H groups in total. The maximum Gasteiger partial charge on any atom is 0.134 e. The van der Waals surface area contributed by atoms with Crippen molar-refractivity contribution in [2.45, 2.75) is 38.0 Å². The summed E-state index contributed by atoms with van der Waals surface area (Å²) < 4.78 is 0. The molecule has 3 nitrogen and oxygen atoms in total. The van der Waals surface area contributed by atoms with Gasteiger partial charge >= 0.3 is 0 Å². The Hall–Kier alpha value is -2.85. The minimum Gasteiger partial charge on any atom is -0.506 e. The lowest BCUT2D eigenvalue weighted by Crippen LogP contribution is -2.29. The molecule has 0 atom stereocenters. The highest BCUT2D eigenvalue weighted by Gasteiger charge is 2.36. The van der Waals surface area contributed by atoms with Crippen molar-refractivity contribution in [3.05, 3.63) is 122 Å². The molecule has 0 saturated carbocycles. The predicted octanol–water partition coefficient (Wildman–Crippen LogP) is 8.83. The summed E-state index contributed by atoms with van der Waals surface area (Å²) in [5.41, 5.74) is 3.85. The summed E-state index contributed by atoms with van der Waals surface area (Å²) in [4.78, 5) is 0. The monoisotopic (exact) mass is 540 g/mol. The van der Waals surface area contributed by atoms with Gasteiger partial charge in [0.2, 0.25) is 0 Å². The van der Waals surface area contributed by atoms with Crippen LogP contribution in [0.5, 0.6) is 17.2 Å². The molecule has 0 radical (unpaired) electrons. The van der Waals surface area contributed by atoms with Gasteiger partial charge in [0.15, 0.2) is 0 Å². The van der Waals surface area contributed by atoms with Gasteiger partial charge in [0, 0.05) is 10.8 Å². The number of benzene rings is 4. The maximum atomic E-state index is 10.1. The fourth-order valence-corrected chi connectivity index (χ4v) is 5.43. The summed E-state index contributed by atoms with van der Waals surface area (Å²) in [5.74, 6) is 0.0806. The number of hydrogen-bond donors (Lipinski definition) is 3. The lowest BCUT2D eigenvalue weighted by Gasteiger charge is -2.36. The number of hydrogen-bond acceptors (Lipinski definition) is 3. The standard InChI is InChI=1S/C30H27Cl3O3/c1-4-30(21-10-13-27(35)24(32)16-21,22-11-14-28(36)25(33)17-22)19-7-5-18(6-8-19)29(2,3)20-9-12-26(34)23(31)15-20/h5-17,34-36H,4H2,1-3H3. The second kappa shape index (κ2) is 9.89. The Labute approximate surface area is 226 Å². The minimum atomic E-state index is -0.640. The molecule has 0 amide bonds. The van der Waals surface area contributed by atoms with E-state index in [-0.39, 0.29) is 32.7 Å². The highest BCUT2D eigenvalue weighted by Crippen LogP contribution is 2.46. The summed E-state index contributed by atoms with van der Waals surface area (Å²) in [6.45, 7) is 6.30. The van der Waals surface area contributed by atoms with E-state index in [0.29, 0.717) is 11.4 Å². The van der Waals surface area contributed by atoms with Crippen LogP contribution in [0, 0.1) is 0 Å². The Morgan fingerprint density at radius 2 is 0.861 bits per heavy atom. The fourth-order valence-electron chi connectivity index (χ4n) is 4.89. The Morgan fingerprint density at radius 3 is 1.25 bits per heavy atom. The van der Waals surface area contributed by atoms with Crippen LogP contribution in [-0.4, -0.2) is 15.3 Å². The second-order valence-electron chi connectivity index (χ2n) is 9.46. The lowest BCUT2D eigenvalue weighted by atomic mass is 9.67. The van der Waals surface area contributed by atoms with Crippen LogP contribution in [0.15, 0.2) is 78.9 Å². The number of rotatable bonds is 6. The van der Waals surface area contributed by atoms with E-state index in [1.165, 1.54) is 0 Å². The number of phenolic OH excluding ortho intramolecular Hbond substituents is 3. The van der Waals surface area contributed by atoms with Crippen molar-refractivity contribution in [1.82, 2.24) is 0 Å². The smallest absolute Gasteiger partial charge is 0.134 e. The zero-order chi connectivity index (χ0) is 26.3. The molecule has 0 bridgehead atoms. The van der Waals surface area contributed by atoms with Crippen molar-refractivity contribution in [3.63, 3.8) is 0 Å². The molecule has 6 heteroatoms. The molecule has 0 aliphatic rings. The zero-order valence-electron chi connectivity index (χ0n) is 20.2. The van der Waals surface area contributed by atoms with Crippen molar-refractivity contribution in [2.75, 3.05) is 0 Å². The molecule has 0 spiro atoms. The molecular formula is C30H27Cl3O3. The van der Waals surface area contributed by atoms with Crippen LogP contribution < -0.4 is 0 Å². The van der Waals surface area contributed by atoms with Crippen LogP contribution in [0.2, 0.25) is 15.1 Å². The first-order valence-electron chi connectivity index (χ1n) is 11.6. The Balaban J connectivity index is 1.88. The van der Waals surface area contributed by atoms with Gasteiger partial charge in [-0.3, -0.25) is 0 Å². The van der Waals surface area contributed by atoms with Crippen LogP contribution >= 0.6 is 34.8 Å². The summed E-state index contributed by atoms with van der Waals surface area (Å²) in [6, 6.07) is 24.1. The van der Waals surface area contributed by atoms with Crippen LogP contribution in [0.3, 0.4) is 0 Å². The first-order valence-corrected chi connectivity index (χ1v) is 12.7. The van der Waals surface area contributed by atoms with E-state index in [2.05, 4.69) is 45.0 Å². The minimum absolute atomic E-state index is 0.0128. The van der Waals surface area contributed by atoms with Gasteiger partial charge in [-0.05, 0) is 70.6 Å². The molecule has 186 valence electrons. The maximum absolute atomic E-state index is 10.1. The van der Waals surface area contributed by atoms with Gasteiger partial charge in [-0.25, -0.2) is 0 Å². The third kappa shape index (κ3) is 4.52. The second-order valence-corrected chi connectivity index (χ2v) is 10.7. The van der Waals surface area contributed by atoms with Crippen molar-refractivity contribution >= 4 is 34.8 Å². The lowest BCUT2D eigenvalue weighted by molar-refractivity contribution is 0.473. The van der Waals surface area contributed by atoms with Crippen molar-refractivity contribution in [2.24, 2.45) is 0 Å². The third-order valence-corrected chi connectivity index (χ3v) is 8.09. The van der Waals surface area contributed by atoms with E-state index in [4.69, 9.17) is 34.8 Å². The number of phenols is 3. The SMILES string of the molecule is CCC(c1ccc(C(C)(C)c2ccc(O)c(Cl)c2)cc1)(c1ccc(O)c(Cl)c1)c1ccc(O)c(Cl)c1. The molecule has 0 aliphatic heterocycles. The van der Waals surface area contributed by atoms with Crippen LogP contribution in [0.25, 0.3) is 0 Å². The average molecular weight is 542 g/mol.